The molecule has 28 heavy (non-hydrogen) atoms. The molecule has 1 saturated heterocycles. The number of imide groups is 1. The van der Waals surface area contributed by atoms with E-state index < -0.39 is 6.10 Å². The van der Waals surface area contributed by atoms with Crippen LogP contribution in [0.15, 0.2) is 66.7 Å². The van der Waals surface area contributed by atoms with Crippen LogP contribution in [-0.2, 0) is 9.59 Å². The van der Waals surface area contributed by atoms with Crippen LogP contribution in [0.25, 0.3) is 0 Å². The first-order valence-electron chi connectivity index (χ1n) is 9.45. The summed E-state index contributed by atoms with van der Waals surface area (Å²) in [4.78, 5) is 39.0. The van der Waals surface area contributed by atoms with Crippen LogP contribution in [0.4, 0.5) is 5.69 Å². The summed E-state index contributed by atoms with van der Waals surface area (Å²) in [5.74, 6) is -0.375. The Hall–Kier alpha value is -3.21. The van der Waals surface area contributed by atoms with Crippen molar-refractivity contribution in [2.75, 3.05) is 4.90 Å². The molecule has 1 aliphatic carbocycles. The summed E-state index contributed by atoms with van der Waals surface area (Å²) in [5.41, 5.74) is 1.13. The quantitative estimate of drug-likeness (QED) is 0.453. The Morgan fingerprint density at radius 3 is 2.07 bits per heavy atom. The van der Waals surface area contributed by atoms with E-state index in [2.05, 4.69) is 0 Å². The zero-order valence-corrected chi connectivity index (χ0v) is 15.6. The topological polar surface area (TPSA) is 63.7 Å². The van der Waals surface area contributed by atoms with Crippen LogP contribution < -0.4 is 9.64 Å². The molecule has 1 heterocycles. The van der Waals surface area contributed by atoms with Crippen molar-refractivity contribution in [3.63, 3.8) is 0 Å². The van der Waals surface area contributed by atoms with Crippen LogP contribution in [0.5, 0.6) is 5.75 Å². The van der Waals surface area contributed by atoms with E-state index in [1.807, 2.05) is 30.4 Å². The number of rotatable bonds is 5. The van der Waals surface area contributed by atoms with Crippen LogP contribution >= 0.6 is 0 Å². The highest BCUT2D eigenvalue weighted by atomic mass is 16.5. The lowest BCUT2D eigenvalue weighted by Gasteiger charge is -2.17. The molecular formula is C23H21NO4. The molecule has 4 rings (SSSR count). The van der Waals surface area contributed by atoms with E-state index in [9.17, 15) is 14.4 Å². The summed E-state index contributed by atoms with van der Waals surface area (Å²) in [6.07, 6.45) is 4.53. The number of nitrogens with zero attached hydrogens (tertiary/aromatic N) is 1. The Kier molecular flexibility index (Phi) is 4.82. The van der Waals surface area contributed by atoms with E-state index in [0.717, 1.165) is 0 Å². The number of ketones is 1. The molecule has 5 nitrogen and oxygen atoms in total. The lowest BCUT2D eigenvalue weighted by molar-refractivity contribution is -0.122. The Morgan fingerprint density at radius 1 is 0.929 bits per heavy atom. The van der Waals surface area contributed by atoms with Gasteiger partial charge in [0.05, 0.1) is 17.5 Å². The van der Waals surface area contributed by atoms with Gasteiger partial charge in [0.15, 0.2) is 6.10 Å². The van der Waals surface area contributed by atoms with Gasteiger partial charge in [-0.3, -0.25) is 19.3 Å². The van der Waals surface area contributed by atoms with Crippen LogP contribution in [-0.4, -0.2) is 23.7 Å². The predicted molar refractivity (Wildman–Crippen MR) is 105 cm³/mol. The second-order valence-corrected chi connectivity index (χ2v) is 7.15. The Labute approximate surface area is 163 Å². The highest BCUT2D eigenvalue weighted by molar-refractivity contribution is 6.22. The van der Waals surface area contributed by atoms with E-state index in [1.165, 1.54) is 4.90 Å². The van der Waals surface area contributed by atoms with Gasteiger partial charge in [0.2, 0.25) is 17.6 Å². The number of carbonyl (C=O) groups excluding carboxylic acids is 3. The molecule has 0 bridgehead atoms. The summed E-state index contributed by atoms with van der Waals surface area (Å²) in [6.45, 7) is 1.70. The van der Waals surface area contributed by atoms with Crippen molar-refractivity contribution in [2.45, 2.75) is 25.9 Å². The van der Waals surface area contributed by atoms with E-state index in [0.29, 0.717) is 29.8 Å². The zero-order valence-electron chi connectivity index (χ0n) is 15.6. The highest BCUT2D eigenvalue weighted by Gasteiger charge is 2.47. The van der Waals surface area contributed by atoms with Gasteiger partial charge in [0.25, 0.3) is 0 Å². The van der Waals surface area contributed by atoms with E-state index in [-0.39, 0.29) is 29.4 Å². The molecule has 2 aromatic rings. The summed E-state index contributed by atoms with van der Waals surface area (Å²) >= 11 is 0. The van der Waals surface area contributed by atoms with E-state index >= 15 is 0 Å². The van der Waals surface area contributed by atoms with Gasteiger partial charge >= 0.3 is 0 Å². The smallest absolute Gasteiger partial charge is 0.238 e. The van der Waals surface area contributed by atoms with Crippen LogP contribution in [0.1, 0.15) is 30.1 Å². The predicted octanol–water partition coefficient (Wildman–Crippen LogP) is 3.79. The number of amides is 2. The van der Waals surface area contributed by atoms with Crippen LogP contribution in [0.3, 0.4) is 0 Å². The fraction of sp³-hybridized carbons (Fsp3) is 0.261. The van der Waals surface area contributed by atoms with Gasteiger partial charge in [-0.05, 0) is 44.0 Å². The SMILES string of the molecule is CC(Oc1ccc(N2C(=O)C3CC=CCC3C2=O)cc1)C(=O)c1ccccc1. The van der Waals surface area contributed by atoms with Gasteiger partial charge in [-0.15, -0.1) is 0 Å². The van der Waals surface area contributed by atoms with Crippen LogP contribution in [0.2, 0.25) is 0 Å². The Bertz CT molecular complexity index is 907. The second kappa shape index (κ2) is 7.43. The van der Waals surface area contributed by atoms with Gasteiger partial charge < -0.3 is 4.74 Å². The third kappa shape index (κ3) is 3.24. The maximum absolute atomic E-state index is 12.7. The number of ether oxygens (including phenoxy) is 1. The minimum absolute atomic E-state index is 0.105. The Balaban J connectivity index is 1.46. The Morgan fingerprint density at radius 2 is 1.50 bits per heavy atom. The van der Waals surface area contributed by atoms with E-state index in [1.54, 1.807) is 43.3 Å². The number of carbonyl (C=O) groups is 3. The number of fused-ring (bicyclic) bond motifs is 1. The van der Waals surface area contributed by atoms with E-state index in [4.69, 9.17) is 4.74 Å². The first-order valence-corrected chi connectivity index (χ1v) is 9.45. The van der Waals surface area contributed by atoms with Crippen molar-refractivity contribution in [1.29, 1.82) is 0 Å². The fourth-order valence-electron chi connectivity index (χ4n) is 3.82. The molecule has 2 aliphatic rings. The minimum Gasteiger partial charge on any atom is -0.483 e. The average molecular weight is 375 g/mol. The third-order valence-corrected chi connectivity index (χ3v) is 5.34. The number of hydrogen-bond acceptors (Lipinski definition) is 4. The summed E-state index contributed by atoms with van der Waals surface area (Å²) in [5, 5.41) is 0. The van der Waals surface area contributed by atoms with Crippen molar-refractivity contribution in [1.82, 2.24) is 0 Å². The van der Waals surface area contributed by atoms with Crippen molar-refractivity contribution in [3.05, 3.63) is 72.3 Å². The van der Waals surface area contributed by atoms with Gasteiger partial charge in [-0.2, -0.15) is 0 Å². The monoisotopic (exact) mass is 375 g/mol. The molecular weight excluding hydrogens is 354 g/mol. The molecule has 1 fully saturated rings. The molecule has 0 aromatic heterocycles. The summed E-state index contributed by atoms with van der Waals surface area (Å²) in [7, 11) is 0. The molecule has 0 saturated carbocycles. The zero-order chi connectivity index (χ0) is 19.7. The molecule has 3 unspecified atom stereocenters. The molecule has 3 atom stereocenters. The van der Waals surface area contributed by atoms with Crippen molar-refractivity contribution >= 4 is 23.3 Å². The van der Waals surface area contributed by atoms with Gasteiger partial charge in [0, 0.05) is 5.56 Å². The van der Waals surface area contributed by atoms with Gasteiger partial charge in [-0.25, -0.2) is 0 Å². The first kappa shape index (κ1) is 18.2. The largest absolute Gasteiger partial charge is 0.483 e. The van der Waals surface area contributed by atoms with Crippen LogP contribution in [0, 0.1) is 11.8 Å². The molecule has 142 valence electrons. The number of hydrogen-bond donors (Lipinski definition) is 0. The molecule has 0 spiro atoms. The molecule has 5 heteroatoms. The summed E-state index contributed by atoms with van der Waals surface area (Å²) < 4.78 is 5.75. The molecule has 0 radical (unpaired) electrons. The minimum atomic E-state index is -0.641. The number of Topliss-reactive ketones (excluding diaryl/α,β-unsaturated/α-hetero) is 1. The molecule has 2 amide bonds. The highest BCUT2D eigenvalue weighted by Crippen LogP contribution is 2.38. The number of anilines is 1. The maximum Gasteiger partial charge on any atom is 0.238 e. The maximum atomic E-state index is 12.7. The molecule has 2 aromatic carbocycles. The standard InChI is InChI=1S/C23H21NO4/c1-15(21(25)16-7-3-2-4-8-16)28-18-13-11-17(12-14-18)24-22(26)19-9-5-6-10-20(19)23(24)27/h2-8,11-15,19-20H,9-10H2,1H3. The van der Waals surface area contributed by atoms with Gasteiger partial charge in [0.1, 0.15) is 5.75 Å². The number of allylic oxidation sites excluding steroid dienone is 2. The van der Waals surface area contributed by atoms with Crippen molar-refractivity contribution in [3.8, 4) is 5.75 Å². The first-order chi connectivity index (χ1) is 13.6. The normalized spacial score (nSPS) is 22.1. The fourth-order valence-corrected chi connectivity index (χ4v) is 3.82. The number of benzene rings is 2. The molecule has 0 N–H and O–H groups in total. The second-order valence-electron chi connectivity index (χ2n) is 7.15. The van der Waals surface area contributed by atoms with Crippen molar-refractivity contribution in [2.24, 2.45) is 11.8 Å². The third-order valence-electron chi connectivity index (χ3n) is 5.34. The van der Waals surface area contributed by atoms with Crippen molar-refractivity contribution < 1.29 is 19.1 Å². The molecule has 1 aliphatic heterocycles. The lowest BCUT2D eigenvalue weighted by atomic mass is 9.85. The lowest BCUT2D eigenvalue weighted by Crippen LogP contribution is -2.30. The van der Waals surface area contributed by atoms with Gasteiger partial charge in [-0.1, -0.05) is 42.5 Å². The average Bonchev–Trinajstić information content (AvgIpc) is 2.99. The summed E-state index contributed by atoms with van der Waals surface area (Å²) in [6, 6.07) is 15.7.